The number of amides is 1. The van der Waals surface area contributed by atoms with Crippen LogP contribution in [-0.2, 0) is 9.53 Å². The van der Waals surface area contributed by atoms with E-state index < -0.39 is 5.97 Å². The normalized spacial score (nSPS) is 16.0. The summed E-state index contributed by atoms with van der Waals surface area (Å²) in [7, 11) is 0. The predicted octanol–water partition coefficient (Wildman–Crippen LogP) is 1.94. The molecule has 1 aliphatic rings. The van der Waals surface area contributed by atoms with Gasteiger partial charge in [0.1, 0.15) is 5.69 Å². The van der Waals surface area contributed by atoms with E-state index in [4.69, 9.17) is 4.74 Å². The fourth-order valence-corrected chi connectivity index (χ4v) is 2.92. The van der Waals surface area contributed by atoms with Gasteiger partial charge in [-0.1, -0.05) is 18.7 Å². The van der Waals surface area contributed by atoms with Crippen LogP contribution in [0.1, 0.15) is 37.2 Å². The highest BCUT2D eigenvalue weighted by Gasteiger charge is 2.20. The average molecular weight is 311 g/mol. The molecule has 1 saturated heterocycles. The van der Waals surface area contributed by atoms with Gasteiger partial charge in [-0.25, -0.2) is 9.78 Å². The van der Waals surface area contributed by atoms with Crippen molar-refractivity contribution in [1.82, 2.24) is 14.9 Å². The number of nitrogens with one attached hydrogen (secondary N) is 1. The Bertz CT molecular complexity index is 495. The zero-order valence-electron chi connectivity index (χ0n) is 12.4. The first-order valence-electron chi connectivity index (χ1n) is 7.22. The van der Waals surface area contributed by atoms with Crippen LogP contribution >= 0.6 is 11.8 Å². The summed E-state index contributed by atoms with van der Waals surface area (Å²) in [4.78, 5) is 32.4. The number of likely N-dealkylation sites (tertiary alicyclic amines) is 1. The standard InChI is InChI=1S/C14H21N3O3S/c1-3-20-13(19)11-8-15-14(16-11)21-9-12(18)17-6-4-10(2)5-7-17/h8,10H,3-7,9H2,1-2H3,(H,15,16). The average Bonchev–Trinajstić information content (AvgIpc) is 2.95. The second kappa shape index (κ2) is 7.49. The fraction of sp³-hybridized carbons (Fsp3) is 0.643. The third kappa shape index (κ3) is 4.49. The number of hydrogen-bond donors (Lipinski definition) is 1. The second-order valence-electron chi connectivity index (χ2n) is 5.17. The molecular formula is C14H21N3O3S. The molecule has 2 heterocycles. The molecule has 0 atom stereocenters. The zero-order valence-corrected chi connectivity index (χ0v) is 13.2. The van der Waals surface area contributed by atoms with Crippen molar-refractivity contribution in [2.45, 2.75) is 31.8 Å². The lowest BCUT2D eigenvalue weighted by atomic mass is 9.99. The summed E-state index contributed by atoms with van der Waals surface area (Å²) in [6.45, 7) is 5.98. The van der Waals surface area contributed by atoms with Gasteiger partial charge in [0.25, 0.3) is 0 Å². The van der Waals surface area contributed by atoms with Gasteiger partial charge in [-0.15, -0.1) is 0 Å². The van der Waals surface area contributed by atoms with Crippen LogP contribution in [-0.4, -0.2) is 52.2 Å². The maximum absolute atomic E-state index is 12.1. The van der Waals surface area contributed by atoms with Crippen molar-refractivity contribution >= 4 is 23.6 Å². The number of thioether (sulfide) groups is 1. The van der Waals surface area contributed by atoms with Crippen LogP contribution in [0.2, 0.25) is 0 Å². The molecule has 21 heavy (non-hydrogen) atoms. The number of carbonyl (C=O) groups is 2. The van der Waals surface area contributed by atoms with Gasteiger partial charge in [-0.2, -0.15) is 0 Å². The van der Waals surface area contributed by atoms with Crippen molar-refractivity contribution in [3.8, 4) is 0 Å². The molecule has 1 aromatic rings. The van der Waals surface area contributed by atoms with Crippen LogP contribution in [0.5, 0.6) is 0 Å². The van der Waals surface area contributed by atoms with E-state index in [0.29, 0.717) is 29.1 Å². The number of aromatic nitrogens is 2. The Morgan fingerprint density at radius 1 is 1.48 bits per heavy atom. The summed E-state index contributed by atoms with van der Waals surface area (Å²) in [6.07, 6.45) is 3.59. The van der Waals surface area contributed by atoms with Crippen LogP contribution in [0.15, 0.2) is 11.4 Å². The minimum Gasteiger partial charge on any atom is -0.461 e. The molecule has 1 fully saturated rings. The summed E-state index contributed by atoms with van der Waals surface area (Å²) in [5.41, 5.74) is 0.318. The van der Waals surface area contributed by atoms with E-state index in [1.807, 2.05) is 4.90 Å². The van der Waals surface area contributed by atoms with Gasteiger partial charge >= 0.3 is 5.97 Å². The molecule has 1 aliphatic heterocycles. The van der Waals surface area contributed by atoms with E-state index >= 15 is 0 Å². The van der Waals surface area contributed by atoms with Crippen molar-refractivity contribution in [3.63, 3.8) is 0 Å². The number of imidazole rings is 1. The molecule has 7 heteroatoms. The van der Waals surface area contributed by atoms with Crippen LogP contribution in [0, 0.1) is 5.92 Å². The third-order valence-corrected chi connectivity index (χ3v) is 4.39. The highest BCUT2D eigenvalue weighted by Crippen LogP contribution is 2.19. The molecule has 6 nitrogen and oxygen atoms in total. The highest BCUT2D eigenvalue weighted by molar-refractivity contribution is 7.99. The number of nitrogens with zero attached hydrogens (tertiary/aromatic N) is 2. The van der Waals surface area contributed by atoms with Gasteiger partial charge in [-0.05, 0) is 25.7 Å². The van der Waals surface area contributed by atoms with E-state index in [1.165, 1.54) is 18.0 Å². The van der Waals surface area contributed by atoms with Gasteiger partial charge in [-0.3, -0.25) is 4.79 Å². The highest BCUT2D eigenvalue weighted by atomic mass is 32.2. The van der Waals surface area contributed by atoms with Crippen LogP contribution in [0.4, 0.5) is 0 Å². The molecule has 0 aliphatic carbocycles. The Morgan fingerprint density at radius 2 is 2.19 bits per heavy atom. The monoisotopic (exact) mass is 311 g/mol. The third-order valence-electron chi connectivity index (χ3n) is 3.52. The molecule has 0 unspecified atom stereocenters. The largest absolute Gasteiger partial charge is 0.461 e. The fourth-order valence-electron chi connectivity index (χ4n) is 2.17. The Kier molecular flexibility index (Phi) is 5.67. The Morgan fingerprint density at radius 3 is 2.86 bits per heavy atom. The van der Waals surface area contributed by atoms with E-state index in [1.54, 1.807) is 6.92 Å². The zero-order chi connectivity index (χ0) is 15.2. The molecule has 0 saturated carbocycles. The molecule has 1 N–H and O–H groups in total. The Labute approximate surface area is 128 Å². The molecule has 2 rings (SSSR count). The smallest absolute Gasteiger partial charge is 0.356 e. The van der Waals surface area contributed by atoms with Crippen molar-refractivity contribution in [2.75, 3.05) is 25.4 Å². The van der Waals surface area contributed by atoms with Crippen LogP contribution < -0.4 is 0 Å². The quantitative estimate of drug-likeness (QED) is 0.664. The summed E-state index contributed by atoms with van der Waals surface area (Å²) in [5.74, 6) is 0.748. The van der Waals surface area contributed by atoms with E-state index in [2.05, 4.69) is 16.9 Å². The van der Waals surface area contributed by atoms with E-state index in [0.717, 1.165) is 25.9 Å². The maximum atomic E-state index is 12.1. The van der Waals surface area contributed by atoms with Crippen molar-refractivity contribution in [1.29, 1.82) is 0 Å². The van der Waals surface area contributed by atoms with Gasteiger partial charge in [0, 0.05) is 13.1 Å². The van der Waals surface area contributed by atoms with Gasteiger partial charge in [0.05, 0.1) is 18.6 Å². The minimum absolute atomic E-state index is 0.126. The van der Waals surface area contributed by atoms with Gasteiger partial charge in [0.15, 0.2) is 5.16 Å². The molecule has 116 valence electrons. The number of ether oxygens (including phenoxy) is 1. The topological polar surface area (TPSA) is 75.3 Å². The molecule has 0 radical (unpaired) electrons. The van der Waals surface area contributed by atoms with Gasteiger partial charge in [0.2, 0.25) is 5.91 Å². The number of rotatable bonds is 5. The molecule has 0 aromatic carbocycles. The predicted molar refractivity (Wildman–Crippen MR) is 80.2 cm³/mol. The van der Waals surface area contributed by atoms with Crippen molar-refractivity contribution in [3.05, 3.63) is 11.9 Å². The summed E-state index contributed by atoms with van der Waals surface area (Å²) in [6, 6.07) is 0. The van der Waals surface area contributed by atoms with Gasteiger partial charge < -0.3 is 14.6 Å². The van der Waals surface area contributed by atoms with Crippen LogP contribution in [0.3, 0.4) is 0 Å². The SMILES string of the molecule is CCOC(=O)c1cnc(SCC(=O)N2CCC(C)CC2)[nH]1. The molecule has 0 bridgehead atoms. The summed E-state index contributed by atoms with van der Waals surface area (Å²) < 4.78 is 4.88. The lowest BCUT2D eigenvalue weighted by molar-refractivity contribution is -0.129. The Hall–Kier alpha value is -1.50. The molecule has 0 spiro atoms. The minimum atomic E-state index is -0.423. The first kappa shape index (κ1) is 15.9. The van der Waals surface area contributed by atoms with Crippen molar-refractivity contribution in [2.24, 2.45) is 5.92 Å². The lowest BCUT2D eigenvalue weighted by Crippen LogP contribution is -2.38. The first-order valence-corrected chi connectivity index (χ1v) is 8.21. The molecular weight excluding hydrogens is 290 g/mol. The number of H-pyrrole nitrogens is 1. The second-order valence-corrected chi connectivity index (χ2v) is 6.14. The lowest BCUT2D eigenvalue weighted by Gasteiger charge is -2.30. The summed E-state index contributed by atoms with van der Waals surface area (Å²) >= 11 is 1.31. The van der Waals surface area contributed by atoms with E-state index in [9.17, 15) is 9.59 Å². The number of esters is 1. The van der Waals surface area contributed by atoms with Crippen molar-refractivity contribution < 1.29 is 14.3 Å². The first-order chi connectivity index (χ1) is 10.1. The van der Waals surface area contributed by atoms with E-state index in [-0.39, 0.29) is 5.91 Å². The molecule has 1 amide bonds. The number of hydrogen-bond acceptors (Lipinski definition) is 5. The summed E-state index contributed by atoms with van der Waals surface area (Å²) in [5, 5.41) is 0.566. The Balaban J connectivity index is 1.80. The molecule has 1 aromatic heterocycles. The van der Waals surface area contributed by atoms with Crippen LogP contribution in [0.25, 0.3) is 0 Å². The number of carbonyl (C=O) groups excluding carboxylic acids is 2. The number of piperidine rings is 1. The number of aromatic amines is 1. The maximum Gasteiger partial charge on any atom is 0.356 e.